The number of hydrogen-bond acceptors (Lipinski definition) is 4. The van der Waals surface area contributed by atoms with Gasteiger partial charge >= 0.3 is 0 Å². The van der Waals surface area contributed by atoms with Gasteiger partial charge in [0.05, 0.1) is 5.08 Å². The van der Waals surface area contributed by atoms with E-state index in [-0.39, 0.29) is 0 Å². The summed E-state index contributed by atoms with van der Waals surface area (Å²) < 4.78 is 2.40. The van der Waals surface area contributed by atoms with Crippen molar-refractivity contribution in [2.75, 3.05) is 37.8 Å². The molecule has 0 radical (unpaired) electrons. The van der Waals surface area contributed by atoms with Crippen LogP contribution in [0.3, 0.4) is 0 Å². The van der Waals surface area contributed by atoms with Crippen LogP contribution in [0.4, 0.5) is 0 Å². The molecule has 0 N–H and O–H groups in total. The number of nitrogens with zero attached hydrogens (tertiary/aromatic N) is 2. The Morgan fingerprint density at radius 3 is 2.36 bits per heavy atom. The third-order valence-corrected chi connectivity index (χ3v) is 3.21. The first-order valence-electron chi connectivity index (χ1n) is 4.08. The van der Waals surface area contributed by atoms with Gasteiger partial charge in [-0.05, 0) is 6.54 Å². The van der Waals surface area contributed by atoms with Gasteiger partial charge in [0.2, 0.25) is 0 Å². The van der Waals surface area contributed by atoms with Gasteiger partial charge in [-0.25, -0.2) is 4.31 Å². The smallest absolute Gasteiger partial charge is 0.0509 e. The van der Waals surface area contributed by atoms with E-state index in [1.54, 1.807) is 0 Å². The lowest BCUT2D eigenvalue weighted by atomic mass is 10.4. The average molecular weight is 192 g/mol. The van der Waals surface area contributed by atoms with Gasteiger partial charge in [0.25, 0.3) is 0 Å². The maximum atomic E-state index is 4.18. The third kappa shape index (κ3) is 3.23. The van der Waals surface area contributed by atoms with E-state index in [0.29, 0.717) is 0 Å². The first kappa shape index (κ1) is 9.71. The molecular formula is C7H16N2S2. The summed E-state index contributed by atoms with van der Waals surface area (Å²) in [5.41, 5.74) is 0. The van der Waals surface area contributed by atoms with Gasteiger partial charge in [0, 0.05) is 26.2 Å². The summed E-state index contributed by atoms with van der Waals surface area (Å²) in [5.74, 6) is 0. The maximum Gasteiger partial charge on any atom is 0.0509 e. The Labute approximate surface area is 78.9 Å². The zero-order valence-electron chi connectivity index (χ0n) is 6.99. The second kappa shape index (κ2) is 5.30. The minimum Gasteiger partial charge on any atom is -0.301 e. The molecule has 0 spiro atoms. The van der Waals surface area contributed by atoms with Gasteiger partial charge < -0.3 is 4.90 Å². The minimum absolute atomic E-state index is 0.909. The lowest BCUT2D eigenvalue weighted by Crippen LogP contribution is -2.43. The predicted molar refractivity (Wildman–Crippen MR) is 55.1 cm³/mol. The van der Waals surface area contributed by atoms with Crippen LogP contribution in [0.1, 0.15) is 6.92 Å². The highest BCUT2D eigenvalue weighted by Gasteiger charge is 2.14. The maximum absolute atomic E-state index is 4.18. The fourth-order valence-corrected chi connectivity index (χ4v) is 2.33. The van der Waals surface area contributed by atoms with Gasteiger partial charge in [-0.1, -0.05) is 18.9 Å². The zero-order chi connectivity index (χ0) is 8.10. The zero-order valence-corrected chi connectivity index (χ0v) is 8.70. The largest absolute Gasteiger partial charge is 0.301 e. The lowest BCUT2D eigenvalue weighted by molar-refractivity contribution is 0.205. The highest BCUT2D eigenvalue weighted by molar-refractivity contribution is 8.07. The van der Waals surface area contributed by atoms with Crippen LogP contribution in [-0.2, 0) is 0 Å². The molecule has 1 heterocycles. The molecule has 11 heavy (non-hydrogen) atoms. The molecule has 4 heteroatoms. The summed E-state index contributed by atoms with van der Waals surface area (Å²) in [6.07, 6.45) is 0. The van der Waals surface area contributed by atoms with Crippen molar-refractivity contribution in [2.45, 2.75) is 6.92 Å². The average Bonchev–Trinajstić information content (AvgIpc) is 2.07. The highest BCUT2D eigenvalue weighted by atomic mass is 32.2. The Hall–Kier alpha value is 0.620. The molecule has 1 aliphatic rings. The number of hydrogen-bond donors (Lipinski definition) is 1. The second-order valence-corrected chi connectivity index (χ2v) is 4.43. The van der Waals surface area contributed by atoms with Gasteiger partial charge in [-0.15, -0.1) is 0 Å². The fourth-order valence-electron chi connectivity index (χ4n) is 1.26. The van der Waals surface area contributed by atoms with E-state index in [1.807, 2.05) is 11.9 Å². The van der Waals surface area contributed by atoms with E-state index in [9.17, 15) is 0 Å². The van der Waals surface area contributed by atoms with Crippen molar-refractivity contribution >= 4 is 24.6 Å². The van der Waals surface area contributed by atoms with Crippen molar-refractivity contribution < 1.29 is 0 Å². The standard InChI is InChI=1S/C7H16N2S2/c1-2-8-3-5-9(6-4-8)11-7-10/h10H,2-7H2,1H3. The van der Waals surface area contributed by atoms with Crippen LogP contribution in [-0.4, -0.2) is 47.0 Å². The van der Waals surface area contributed by atoms with Crippen molar-refractivity contribution in [3.63, 3.8) is 0 Å². The van der Waals surface area contributed by atoms with Gasteiger partial charge in [-0.2, -0.15) is 12.6 Å². The quantitative estimate of drug-likeness (QED) is 0.407. The van der Waals surface area contributed by atoms with Crippen molar-refractivity contribution in [3.05, 3.63) is 0 Å². The molecule has 2 nitrogen and oxygen atoms in total. The fraction of sp³-hybridized carbons (Fsp3) is 1.00. The molecule has 0 aliphatic carbocycles. The Morgan fingerprint density at radius 1 is 1.27 bits per heavy atom. The number of likely N-dealkylation sites (N-methyl/N-ethyl adjacent to an activating group) is 1. The minimum atomic E-state index is 0.909. The monoisotopic (exact) mass is 192 g/mol. The van der Waals surface area contributed by atoms with Crippen LogP contribution in [0.15, 0.2) is 0 Å². The van der Waals surface area contributed by atoms with Crippen LogP contribution >= 0.6 is 24.6 Å². The van der Waals surface area contributed by atoms with Crippen molar-refractivity contribution in [3.8, 4) is 0 Å². The third-order valence-electron chi connectivity index (χ3n) is 2.02. The number of piperazine rings is 1. The van der Waals surface area contributed by atoms with E-state index >= 15 is 0 Å². The number of thiol groups is 1. The summed E-state index contributed by atoms with van der Waals surface area (Å²) in [6, 6.07) is 0. The van der Waals surface area contributed by atoms with Crippen molar-refractivity contribution in [1.29, 1.82) is 0 Å². The van der Waals surface area contributed by atoms with E-state index in [4.69, 9.17) is 0 Å². The van der Waals surface area contributed by atoms with E-state index in [2.05, 4.69) is 28.8 Å². The molecule has 1 rings (SSSR count). The summed E-state index contributed by atoms with van der Waals surface area (Å²) >= 11 is 6.02. The van der Waals surface area contributed by atoms with E-state index < -0.39 is 0 Å². The molecule has 1 saturated heterocycles. The van der Waals surface area contributed by atoms with Crippen LogP contribution in [0.25, 0.3) is 0 Å². The molecular weight excluding hydrogens is 176 g/mol. The molecule has 0 amide bonds. The molecule has 0 aromatic rings. The van der Waals surface area contributed by atoms with Crippen LogP contribution < -0.4 is 0 Å². The second-order valence-electron chi connectivity index (χ2n) is 2.62. The molecule has 0 aromatic carbocycles. The molecule has 0 unspecified atom stereocenters. The Bertz CT molecular complexity index is 103. The van der Waals surface area contributed by atoms with Gasteiger partial charge in [0.1, 0.15) is 0 Å². The molecule has 0 aromatic heterocycles. The molecule has 0 bridgehead atoms. The normalized spacial score (nSPS) is 22.4. The molecule has 1 aliphatic heterocycles. The lowest BCUT2D eigenvalue weighted by Gasteiger charge is -2.32. The van der Waals surface area contributed by atoms with Crippen molar-refractivity contribution in [1.82, 2.24) is 9.21 Å². The van der Waals surface area contributed by atoms with E-state index in [1.165, 1.54) is 32.7 Å². The molecule has 1 fully saturated rings. The van der Waals surface area contributed by atoms with Gasteiger partial charge in [0.15, 0.2) is 0 Å². The van der Waals surface area contributed by atoms with Gasteiger partial charge in [-0.3, -0.25) is 0 Å². The molecule has 66 valence electrons. The summed E-state index contributed by atoms with van der Waals surface area (Å²) in [4.78, 5) is 2.48. The van der Waals surface area contributed by atoms with Crippen LogP contribution in [0.5, 0.6) is 0 Å². The first-order valence-corrected chi connectivity index (χ1v) is 5.65. The number of rotatable bonds is 3. The molecule has 0 atom stereocenters. The highest BCUT2D eigenvalue weighted by Crippen LogP contribution is 2.13. The van der Waals surface area contributed by atoms with Crippen LogP contribution in [0, 0.1) is 0 Å². The van der Waals surface area contributed by atoms with Crippen molar-refractivity contribution in [2.24, 2.45) is 0 Å². The van der Waals surface area contributed by atoms with Crippen LogP contribution in [0.2, 0.25) is 0 Å². The Balaban J connectivity index is 2.14. The Kier molecular flexibility index (Phi) is 4.67. The SMILES string of the molecule is CCN1CCN(SCS)CC1. The summed E-state index contributed by atoms with van der Waals surface area (Å²) in [5, 5.41) is 0.909. The van der Waals surface area contributed by atoms with E-state index in [0.717, 1.165) is 5.08 Å². The molecule has 0 saturated carbocycles. The summed E-state index contributed by atoms with van der Waals surface area (Å²) in [7, 11) is 0. The topological polar surface area (TPSA) is 6.48 Å². The predicted octanol–water partition coefficient (Wildman–Crippen LogP) is 1.16. The first-order chi connectivity index (χ1) is 5.36. The Morgan fingerprint density at radius 2 is 1.91 bits per heavy atom. The summed E-state index contributed by atoms with van der Waals surface area (Å²) in [6.45, 7) is 8.24.